The van der Waals surface area contributed by atoms with Crippen molar-refractivity contribution < 1.29 is 4.74 Å². The van der Waals surface area contributed by atoms with Crippen LogP contribution in [0.25, 0.3) is 0 Å². The third kappa shape index (κ3) is 3.15. The second-order valence-corrected chi connectivity index (χ2v) is 3.81. The van der Waals surface area contributed by atoms with E-state index in [0.717, 1.165) is 12.8 Å². The topological polar surface area (TPSA) is 9.23 Å². The van der Waals surface area contributed by atoms with Gasteiger partial charge in [0.25, 0.3) is 0 Å². The molecule has 2 unspecified atom stereocenters. The van der Waals surface area contributed by atoms with Crippen molar-refractivity contribution in [1.29, 1.82) is 0 Å². The van der Waals surface area contributed by atoms with Crippen molar-refractivity contribution in [1.82, 2.24) is 0 Å². The highest BCUT2D eigenvalue weighted by molar-refractivity contribution is 5.18. The molecular formula is C13H20O. The molecule has 78 valence electrons. The van der Waals surface area contributed by atoms with Gasteiger partial charge in [0.2, 0.25) is 0 Å². The largest absolute Gasteiger partial charge is 0.381 e. The summed E-state index contributed by atoms with van der Waals surface area (Å²) in [5, 5.41) is 0. The van der Waals surface area contributed by atoms with Crippen LogP contribution in [-0.4, -0.2) is 13.2 Å². The summed E-state index contributed by atoms with van der Waals surface area (Å²) >= 11 is 0. The van der Waals surface area contributed by atoms with Gasteiger partial charge >= 0.3 is 0 Å². The second-order valence-electron chi connectivity index (χ2n) is 3.81. The maximum Gasteiger partial charge on any atom is 0.0574 e. The Labute approximate surface area is 87.1 Å². The van der Waals surface area contributed by atoms with Crippen LogP contribution in [0.4, 0.5) is 0 Å². The van der Waals surface area contributed by atoms with Crippen LogP contribution < -0.4 is 0 Å². The maximum absolute atomic E-state index is 5.39. The second kappa shape index (κ2) is 5.82. The van der Waals surface area contributed by atoms with Gasteiger partial charge in [0.05, 0.1) is 6.10 Å². The zero-order valence-corrected chi connectivity index (χ0v) is 9.36. The van der Waals surface area contributed by atoms with E-state index in [1.54, 1.807) is 7.11 Å². The van der Waals surface area contributed by atoms with Crippen molar-refractivity contribution in [3.05, 3.63) is 35.9 Å². The summed E-state index contributed by atoms with van der Waals surface area (Å²) in [6.45, 7) is 4.43. The van der Waals surface area contributed by atoms with Gasteiger partial charge < -0.3 is 4.74 Å². The normalized spacial score (nSPS) is 15.1. The van der Waals surface area contributed by atoms with E-state index in [4.69, 9.17) is 4.74 Å². The molecule has 1 rings (SSSR count). The number of ether oxygens (including phenoxy) is 1. The number of benzene rings is 1. The van der Waals surface area contributed by atoms with Gasteiger partial charge in [0.15, 0.2) is 0 Å². The van der Waals surface area contributed by atoms with Crippen molar-refractivity contribution >= 4 is 0 Å². The minimum absolute atomic E-state index is 0.394. The molecule has 0 aliphatic heterocycles. The van der Waals surface area contributed by atoms with Gasteiger partial charge in [-0.2, -0.15) is 0 Å². The monoisotopic (exact) mass is 192 g/mol. The molecule has 0 saturated carbocycles. The molecule has 1 aromatic rings. The SMILES string of the molecule is CCC(CC(C)c1ccccc1)OC. The summed E-state index contributed by atoms with van der Waals surface area (Å²) in [5.74, 6) is 0.584. The van der Waals surface area contributed by atoms with Crippen LogP contribution in [0.1, 0.15) is 38.2 Å². The van der Waals surface area contributed by atoms with E-state index in [2.05, 4.69) is 44.2 Å². The lowest BCUT2D eigenvalue weighted by molar-refractivity contribution is 0.0871. The Morgan fingerprint density at radius 2 is 1.86 bits per heavy atom. The van der Waals surface area contributed by atoms with Crippen LogP contribution in [0.3, 0.4) is 0 Å². The molecule has 0 N–H and O–H groups in total. The van der Waals surface area contributed by atoms with E-state index in [9.17, 15) is 0 Å². The molecule has 0 aliphatic carbocycles. The Hall–Kier alpha value is -0.820. The van der Waals surface area contributed by atoms with Gasteiger partial charge in [0.1, 0.15) is 0 Å². The van der Waals surface area contributed by atoms with E-state index >= 15 is 0 Å². The summed E-state index contributed by atoms with van der Waals surface area (Å²) in [6.07, 6.45) is 2.59. The Bertz CT molecular complexity index is 239. The molecule has 0 saturated heterocycles. The fourth-order valence-corrected chi connectivity index (χ4v) is 1.74. The molecule has 0 bridgehead atoms. The molecule has 0 aliphatic rings. The van der Waals surface area contributed by atoms with Crippen LogP contribution in [-0.2, 0) is 4.74 Å². The molecule has 0 aromatic heterocycles. The van der Waals surface area contributed by atoms with Crippen LogP contribution in [0.15, 0.2) is 30.3 Å². The van der Waals surface area contributed by atoms with E-state index < -0.39 is 0 Å². The first-order chi connectivity index (χ1) is 6.77. The molecule has 0 fully saturated rings. The highest BCUT2D eigenvalue weighted by Gasteiger charge is 2.11. The first-order valence-corrected chi connectivity index (χ1v) is 5.35. The Morgan fingerprint density at radius 3 is 2.36 bits per heavy atom. The van der Waals surface area contributed by atoms with E-state index in [1.807, 2.05) is 0 Å². The van der Waals surface area contributed by atoms with Crippen LogP contribution in [0.5, 0.6) is 0 Å². The van der Waals surface area contributed by atoms with E-state index in [-0.39, 0.29) is 0 Å². The molecule has 1 nitrogen and oxygen atoms in total. The highest BCUT2D eigenvalue weighted by atomic mass is 16.5. The zero-order chi connectivity index (χ0) is 10.4. The number of methoxy groups -OCH3 is 1. The van der Waals surface area contributed by atoms with Gasteiger partial charge in [-0.05, 0) is 24.3 Å². The van der Waals surface area contributed by atoms with Crippen molar-refractivity contribution in [2.24, 2.45) is 0 Å². The van der Waals surface area contributed by atoms with Crippen LogP contribution >= 0.6 is 0 Å². The summed E-state index contributed by atoms with van der Waals surface area (Å²) in [7, 11) is 1.80. The standard InChI is InChI=1S/C13H20O/c1-4-13(14-3)10-11(2)12-8-6-5-7-9-12/h5-9,11,13H,4,10H2,1-3H3. The summed E-state index contributed by atoms with van der Waals surface area (Å²) in [5.41, 5.74) is 1.41. The Morgan fingerprint density at radius 1 is 1.21 bits per heavy atom. The van der Waals surface area contributed by atoms with Crippen molar-refractivity contribution in [3.8, 4) is 0 Å². The highest BCUT2D eigenvalue weighted by Crippen LogP contribution is 2.22. The van der Waals surface area contributed by atoms with Crippen molar-refractivity contribution in [2.45, 2.75) is 38.7 Å². The van der Waals surface area contributed by atoms with E-state index in [1.165, 1.54) is 5.56 Å². The predicted molar refractivity (Wildman–Crippen MR) is 60.6 cm³/mol. The molecule has 0 radical (unpaired) electrons. The molecule has 2 atom stereocenters. The van der Waals surface area contributed by atoms with Crippen molar-refractivity contribution in [2.75, 3.05) is 7.11 Å². The van der Waals surface area contributed by atoms with Crippen molar-refractivity contribution in [3.63, 3.8) is 0 Å². The predicted octanol–water partition coefficient (Wildman–Crippen LogP) is 3.61. The lowest BCUT2D eigenvalue weighted by atomic mass is 9.94. The van der Waals surface area contributed by atoms with E-state index in [0.29, 0.717) is 12.0 Å². The molecule has 1 heteroatoms. The lowest BCUT2D eigenvalue weighted by Gasteiger charge is -2.18. The Kier molecular flexibility index (Phi) is 4.68. The zero-order valence-electron chi connectivity index (χ0n) is 9.36. The fraction of sp³-hybridized carbons (Fsp3) is 0.538. The van der Waals surface area contributed by atoms with Gasteiger partial charge in [0, 0.05) is 7.11 Å². The van der Waals surface area contributed by atoms with Gasteiger partial charge in [-0.1, -0.05) is 44.2 Å². The van der Waals surface area contributed by atoms with Gasteiger partial charge in [-0.15, -0.1) is 0 Å². The molecular weight excluding hydrogens is 172 g/mol. The summed E-state index contributed by atoms with van der Waals surface area (Å²) < 4.78 is 5.39. The first-order valence-electron chi connectivity index (χ1n) is 5.35. The summed E-state index contributed by atoms with van der Waals surface area (Å²) in [6, 6.07) is 10.6. The quantitative estimate of drug-likeness (QED) is 0.692. The molecule has 0 spiro atoms. The third-order valence-corrected chi connectivity index (χ3v) is 2.77. The molecule has 14 heavy (non-hydrogen) atoms. The van der Waals surface area contributed by atoms with Crippen LogP contribution in [0.2, 0.25) is 0 Å². The molecule has 0 heterocycles. The minimum Gasteiger partial charge on any atom is -0.381 e. The smallest absolute Gasteiger partial charge is 0.0574 e. The Balaban J connectivity index is 2.54. The van der Waals surface area contributed by atoms with Crippen LogP contribution in [0, 0.1) is 0 Å². The molecule has 1 aromatic carbocycles. The maximum atomic E-state index is 5.39. The van der Waals surface area contributed by atoms with Gasteiger partial charge in [-0.25, -0.2) is 0 Å². The summed E-state index contributed by atoms with van der Waals surface area (Å²) in [4.78, 5) is 0. The fourth-order valence-electron chi connectivity index (χ4n) is 1.74. The number of rotatable bonds is 5. The molecule has 0 amide bonds. The number of hydrogen-bond acceptors (Lipinski definition) is 1. The minimum atomic E-state index is 0.394. The average molecular weight is 192 g/mol. The third-order valence-electron chi connectivity index (χ3n) is 2.77. The number of hydrogen-bond donors (Lipinski definition) is 0. The lowest BCUT2D eigenvalue weighted by Crippen LogP contribution is -2.12. The van der Waals surface area contributed by atoms with Gasteiger partial charge in [-0.3, -0.25) is 0 Å². The first kappa shape index (κ1) is 11.3. The average Bonchev–Trinajstić information content (AvgIpc) is 2.26.